The number of carbonyl (C=O) groups is 3. The van der Waals surface area contributed by atoms with Crippen LogP contribution in [-0.2, 0) is 19.7 Å². The molecule has 1 aliphatic rings. The predicted molar refractivity (Wildman–Crippen MR) is 202 cm³/mol. The number of pyridine rings is 1. The second-order valence-electron chi connectivity index (χ2n) is 13.8. The molecule has 4 amide bonds. The third kappa shape index (κ3) is 23.6. The minimum Gasteiger partial charge on any atom is -0.870 e. The number of nitrogens with zero attached hydrogens (tertiary/aromatic N) is 3. The topological polar surface area (TPSA) is 303 Å². The van der Waals surface area contributed by atoms with Gasteiger partial charge in [-0.1, -0.05) is 0 Å². The number of likely N-dealkylation sites (N-methyl/N-ethyl adjacent to an activating group) is 2. The van der Waals surface area contributed by atoms with Gasteiger partial charge in [0.25, 0.3) is 10.2 Å². The smallest absolute Gasteiger partial charge is 0.870 e. The van der Waals surface area contributed by atoms with Gasteiger partial charge in [-0.05, 0) is 59.7 Å². The van der Waals surface area contributed by atoms with Crippen molar-refractivity contribution in [2.24, 2.45) is 11.5 Å². The summed E-state index contributed by atoms with van der Waals surface area (Å²) in [5.41, 5.74) is 9.40. The van der Waals surface area contributed by atoms with Crippen LogP contribution in [0.3, 0.4) is 0 Å². The molecule has 1 fully saturated rings. The van der Waals surface area contributed by atoms with E-state index in [1.165, 1.54) is 41.0 Å². The molecule has 2 heterocycles. The standard InChI is InChI=1S/C17H20FN5O4S.C13H26N2O5.C3H10N2O.Na.H2O/c1-22-10-16(11-23(2)28(22,25)26)27-15-7-12(18)6-14(8-15)21-17(24)20-13-4-3-5-19-9-13;1-12(2,3)19-10(17)14-7-9(16)8-15-11(18)20-13(4,5)6;4-1-3(6)2-5;;/h3-9,16H,10-11H2,1-2H3,(H2,20,21,24);9,16H,7-8H2,1-6H3,(H,14,17)(H,15,18);3,6H,1-2,4-5H2;;1H2/q;;;+1;/p-1. The van der Waals surface area contributed by atoms with Gasteiger partial charge in [-0.3, -0.25) is 4.98 Å². The summed E-state index contributed by atoms with van der Waals surface area (Å²) in [5, 5.41) is 27.9. The number of aliphatic hydroxyl groups excluding tert-OH is 2. The fraction of sp³-hybridized carbons (Fsp3) is 0.576. The van der Waals surface area contributed by atoms with Crippen LogP contribution >= 0.6 is 0 Å². The van der Waals surface area contributed by atoms with Crippen LogP contribution in [0.4, 0.5) is 30.1 Å². The SMILES string of the molecule is CC(C)(C)OC(=O)NCC(O)CNC(=O)OC(C)(C)C.CN1CC(Oc2cc(F)cc(NC(=O)Nc3cccnc3)c2)CN(C)S1(=O)=O.NCC(O)CN.[Na+].[OH-]. The zero-order chi connectivity index (χ0) is 41.3. The van der Waals surface area contributed by atoms with E-state index in [0.29, 0.717) is 5.69 Å². The molecular formula is C33H57FN9NaO11S. The van der Waals surface area contributed by atoms with E-state index in [4.69, 9.17) is 30.8 Å². The van der Waals surface area contributed by atoms with Gasteiger partial charge < -0.3 is 62.6 Å². The molecule has 1 aromatic heterocycles. The summed E-state index contributed by atoms with van der Waals surface area (Å²) in [6, 6.07) is 6.56. The minimum atomic E-state index is -3.49. The van der Waals surface area contributed by atoms with Crippen LogP contribution in [-0.4, -0.2) is 139 Å². The monoisotopic (exact) mass is 829 g/mol. The number of urea groups is 1. The van der Waals surface area contributed by atoms with Gasteiger partial charge in [0.15, 0.2) is 0 Å². The zero-order valence-corrected chi connectivity index (χ0v) is 36.2. The number of ether oxygens (including phenoxy) is 3. The van der Waals surface area contributed by atoms with Gasteiger partial charge in [0.05, 0.1) is 37.2 Å². The largest absolute Gasteiger partial charge is 1.00 e. The Bertz CT molecular complexity index is 1530. The van der Waals surface area contributed by atoms with E-state index in [1.807, 2.05) is 0 Å². The van der Waals surface area contributed by atoms with Crippen molar-refractivity contribution in [3.8, 4) is 5.75 Å². The molecule has 3 rings (SSSR count). The van der Waals surface area contributed by atoms with Crippen LogP contribution in [0.2, 0.25) is 0 Å². The molecule has 56 heavy (non-hydrogen) atoms. The van der Waals surface area contributed by atoms with Crippen LogP contribution in [0.5, 0.6) is 5.75 Å². The van der Waals surface area contributed by atoms with Crippen LogP contribution < -0.4 is 67.0 Å². The van der Waals surface area contributed by atoms with E-state index >= 15 is 0 Å². The van der Waals surface area contributed by atoms with Crippen molar-refractivity contribution in [2.45, 2.75) is 71.1 Å². The summed E-state index contributed by atoms with van der Waals surface area (Å²) in [5.74, 6) is -0.415. The molecule has 1 aromatic carbocycles. The third-order valence-electron chi connectivity index (χ3n) is 6.37. The fourth-order valence-corrected chi connectivity index (χ4v) is 5.14. The molecule has 0 unspecified atom stereocenters. The van der Waals surface area contributed by atoms with Crippen molar-refractivity contribution in [1.29, 1.82) is 0 Å². The van der Waals surface area contributed by atoms with E-state index < -0.39 is 63.8 Å². The number of carbonyl (C=O) groups excluding carboxylic acids is 3. The second-order valence-corrected chi connectivity index (χ2v) is 16.0. The number of nitrogens with one attached hydrogen (secondary N) is 4. The summed E-state index contributed by atoms with van der Waals surface area (Å²) in [7, 11) is -0.591. The summed E-state index contributed by atoms with van der Waals surface area (Å²) < 4.78 is 56.0. The van der Waals surface area contributed by atoms with E-state index in [1.54, 1.807) is 59.9 Å². The Morgan fingerprint density at radius 3 is 1.79 bits per heavy atom. The normalized spacial score (nSPS) is 14.3. The molecule has 0 saturated carbocycles. The average molecular weight is 830 g/mol. The number of benzene rings is 1. The first kappa shape index (κ1) is 54.7. The summed E-state index contributed by atoms with van der Waals surface area (Å²) in [6.45, 7) is 11.2. The Balaban J connectivity index is 0. The van der Waals surface area contributed by atoms with Gasteiger partial charge in [0.1, 0.15) is 28.9 Å². The number of rotatable bonds is 10. The fourth-order valence-electron chi connectivity index (χ4n) is 3.96. The average Bonchev–Trinajstić information content (AvgIpc) is 3.04. The molecule has 0 bridgehead atoms. The van der Waals surface area contributed by atoms with Crippen LogP contribution in [0.25, 0.3) is 0 Å². The first-order valence-electron chi connectivity index (χ1n) is 16.8. The molecule has 0 radical (unpaired) electrons. The zero-order valence-electron chi connectivity index (χ0n) is 33.4. The molecule has 2 aromatic rings. The third-order valence-corrected chi connectivity index (χ3v) is 8.24. The van der Waals surface area contributed by atoms with Gasteiger partial charge in [-0.2, -0.15) is 17.0 Å². The first-order valence-corrected chi connectivity index (χ1v) is 18.2. The van der Waals surface area contributed by atoms with Crippen molar-refractivity contribution in [3.63, 3.8) is 0 Å². The number of hydrogen-bond acceptors (Lipinski definition) is 14. The maximum atomic E-state index is 14.0. The maximum absolute atomic E-state index is 14.0. The molecule has 20 nitrogen and oxygen atoms in total. The van der Waals surface area contributed by atoms with Gasteiger partial charge in [-0.15, -0.1) is 0 Å². The summed E-state index contributed by atoms with van der Waals surface area (Å²) >= 11 is 0. The number of anilines is 2. The molecule has 0 aliphatic carbocycles. The summed E-state index contributed by atoms with van der Waals surface area (Å²) in [4.78, 5) is 38.6. The number of aromatic nitrogens is 1. The van der Waals surface area contributed by atoms with E-state index in [-0.39, 0.29) is 85.7 Å². The van der Waals surface area contributed by atoms with Gasteiger partial charge >= 0.3 is 47.8 Å². The Morgan fingerprint density at radius 2 is 1.38 bits per heavy atom. The quantitative estimate of drug-likeness (QED) is 0.123. The van der Waals surface area contributed by atoms with Crippen molar-refractivity contribution in [3.05, 3.63) is 48.5 Å². The summed E-state index contributed by atoms with van der Waals surface area (Å²) in [6.07, 6.45) is -0.103. The molecule has 11 N–H and O–H groups in total. The second kappa shape index (κ2) is 25.8. The Labute approximate surface area is 350 Å². The van der Waals surface area contributed by atoms with Gasteiger partial charge in [0, 0.05) is 64.3 Å². The van der Waals surface area contributed by atoms with Crippen LogP contribution in [0.15, 0.2) is 42.7 Å². The Morgan fingerprint density at radius 1 is 0.893 bits per heavy atom. The van der Waals surface area contributed by atoms with Crippen molar-refractivity contribution >= 4 is 39.8 Å². The first-order chi connectivity index (χ1) is 24.9. The van der Waals surface area contributed by atoms with E-state index in [0.717, 1.165) is 6.07 Å². The molecule has 0 atom stereocenters. The van der Waals surface area contributed by atoms with Crippen molar-refractivity contribution in [2.75, 3.05) is 64.0 Å². The van der Waals surface area contributed by atoms with Gasteiger partial charge in [0.2, 0.25) is 0 Å². The van der Waals surface area contributed by atoms with E-state index in [2.05, 4.69) is 26.3 Å². The number of halogens is 1. The van der Waals surface area contributed by atoms with Crippen LogP contribution in [0, 0.1) is 5.82 Å². The van der Waals surface area contributed by atoms with E-state index in [9.17, 15) is 32.3 Å². The Hall–Kier alpha value is -3.42. The molecule has 23 heteroatoms. The molecule has 1 aliphatic heterocycles. The number of nitrogens with two attached hydrogens (primary N) is 2. The predicted octanol–water partition coefficient (Wildman–Crippen LogP) is -1.78. The molecular weight excluding hydrogens is 772 g/mol. The molecule has 1 saturated heterocycles. The van der Waals surface area contributed by atoms with Crippen LogP contribution in [0.1, 0.15) is 41.5 Å². The maximum Gasteiger partial charge on any atom is 1.00 e. The number of hydrogen-bond donors (Lipinski definition) is 8. The van der Waals surface area contributed by atoms with Crippen molar-refractivity contribution < 1.29 is 86.6 Å². The molecule has 0 spiro atoms. The number of aliphatic hydroxyl groups is 2. The minimum absolute atomic E-state index is 0. The molecule has 314 valence electrons. The number of alkyl carbamates (subject to hydrolysis) is 2. The van der Waals surface area contributed by atoms with Gasteiger partial charge in [-0.25, -0.2) is 18.8 Å². The van der Waals surface area contributed by atoms with Crippen molar-refractivity contribution in [1.82, 2.24) is 24.2 Å². The number of amides is 4. The Kier molecular flexibility index (Phi) is 25.1.